The molecule has 0 bridgehead atoms. The van der Waals surface area contributed by atoms with E-state index in [0.29, 0.717) is 12.2 Å². The molecule has 68 valence electrons. The van der Waals surface area contributed by atoms with Crippen LogP contribution in [0.1, 0.15) is 15.9 Å². The van der Waals surface area contributed by atoms with Crippen LogP contribution in [0, 0.1) is 0 Å². The third kappa shape index (κ3) is 1.36. The van der Waals surface area contributed by atoms with Gasteiger partial charge in [-0.2, -0.15) is 0 Å². The van der Waals surface area contributed by atoms with E-state index in [1.807, 2.05) is 0 Å². The highest BCUT2D eigenvalue weighted by Gasteiger charge is 2.14. The zero-order valence-corrected chi connectivity index (χ0v) is 6.91. The maximum atomic E-state index is 11.0. The van der Waals surface area contributed by atoms with Gasteiger partial charge in [-0.3, -0.25) is 10.0 Å². The Balaban J connectivity index is 2.36. The number of hydroxylamine groups is 1. The molecule has 2 N–H and O–H groups in total. The summed E-state index contributed by atoms with van der Waals surface area (Å²) >= 11 is 0. The summed E-state index contributed by atoms with van der Waals surface area (Å²) in [5.74, 6) is 0.337. The molecule has 2 rings (SSSR count). The summed E-state index contributed by atoms with van der Waals surface area (Å²) in [6.07, 6.45) is 0.821. The molecule has 4 nitrogen and oxygen atoms in total. The van der Waals surface area contributed by atoms with Crippen molar-refractivity contribution in [3.63, 3.8) is 0 Å². The second-order valence-corrected chi connectivity index (χ2v) is 2.86. The number of nitrogens with one attached hydrogen (secondary N) is 1. The summed E-state index contributed by atoms with van der Waals surface area (Å²) in [4.78, 5) is 11.0. The minimum absolute atomic E-state index is 0.451. The molecule has 0 saturated carbocycles. The van der Waals surface area contributed by atoms with Gasteiger partial charge in [0.15, 0.2) is 0 Å². The first-order chi connectivity index (χ1) is 6.31. The van der Waals surface area contributed by atoms with E-state index in [1.165, 1.54) is 0 Å². The van der Waals surface area contributed by atoms with E-state index in [9.17, 15) is 4.79 Å². The van der Waals surface area contributed by atoms with Gasteiger partial charge in [-0.05, 0) is 23.8 Å². The van der Waals surface area contributed by atoms with Gasteiger partial charge in [0.2, 0.25) is 0 Å². The third-order valence-electron chi connectivity index (χ3n) is 2.05. The van der Waals surface area contributed by atoms with Gasteiger partial charge in [0.1, 0.15) is 5.75 Å². The second-order valence-electron chi connectivity index (χ2n) is 2.86. The van der Waals surface area contributed by atoms with Crippen LogP contribution in [-0.4, -0.2) is 17.7 Å². The van der Waals surface area contributed by atoms with Crippen molar-refractivity contribution in [3.8, 4) is 5.75 Å². The molecule has 1 aliphatic rings. The van der Waals surface area contributed by atoms with Crippen molar-refractivity contribution in [3.05, 3.63) is 29.3 Å². The van der Waals surface area contributed by atoms with Crippen LogP contribution in [0.2, 0.25) is 0 Å². The van der Waals surface area contributed by atoms with E-state index >= 15 is 0 Å². The van der Waals surface area contributed by atoms with Crippen LogP contribution in [0.15, 0.2) is 18.2 Å². The molecule has 1 amide bonds. The second kappa shape index (κ2) is 3.06. The highest BCUT2D eigenvalue weighted by Crippen LogP contribution is 2.25. The topological polar surface area (TPSA) is 58.6 Å². The Bertz CT molecular complexity index is 349. The van der Waals surface area contributed by atoms with E-state index in [0.717, 1.165) is 17.7 Å². The minimum atomic E-state index is -0.491. The molecule has 1 aromatic carbocycles. The lowest BCUT2D eigenvalue weighted by atomic mass is 10.1. The molecule has 0 fully saturated rings. The Labute approximate surface area is 75.1 Å². The van der Waals surface area contributed by atoms with Crippen molar-refractivity contribution in [1.29, 1.82) is 0 Å². The molecule has 1 heterocycles. The van der Waals surface area contributed by atoms with Gasteiger partial charge >= 0.3 is 0 Å². The monoisotopic (exact) mass is 179 g/mol. The molecule has 4 heteroatoms. The van der Waals surface area contributed by atoms with Crippen molar-refractivity contribution in [2.24, 2.45) is 0 Å². The van der Waals surface area contributed by atoms with E-state index in [4.69, 9.17) is 9.94 Å². The van der Waals surface area contributed by atoms with Crippen LogP contribution in [-0.2, 0) is 6.42 Å². The van der Waals surface area contributed by atoms with Gasteiger partial charge in [0, 0.05) is 12.0 Å². The summed E-state index contributed by atoms with van der Waals surface area (Å²) in [5, 5.41) is 8.41. The fraction of sp³-hybridized carbons (Fsp3) is 0.222. The van der Waals surface area contributed by atoms with Crippen LogP contribution in [0.3, 0.4) is 0 Å². The molecule has 13 heavy (non-hydrogen) atoms. The normalized spacial score (nSPS) is 13.3. The first-order valence-corrected chi connectivity index (χ1v) is 4.01. The number of hydrogen-bond donors (Lipinski definition) is 2. The van der Waals surface area contributed by atoms with Gasteiger partial charge in [-0.25, -0.2) is 5.48 Å². The molecular formula is C9H9NO3. The van der Waals surface area contributed by atoms with Crippen molar-refractivity contribution >= 4 is 5.91 Å². The van der Waals surface area contributed by atoms with Crippen molar-refractivity contribution < 1.29 is 14.7 Å². The highest BCUT2D eigenvalue weighted by atomic mass is 16.5. The number of rotatable bonds is 1. The number of amides is 1. The summed E-state index contributed by atoms with van der Waals surface area (Å²) < 4.78 is 5.27. The number of hydrogen-bond acceptors (Lipinski definition) is 3. The average molecular weight is 179 g/mol. The predicted molar refractivity (Wildman–Crippen MR) is 44.9 cm³/mol. The molecular weight excluding hydrogens is 170 g/mol. The van der Waals surface area contributed by atoms with Crippen LogP contribution < -0.4 is 10.2 Å². The van der Waals surface area contributed by atoms with Crippen molar-refractivity contribution in [1.82, 2.24) is 5.48 Å². The molecule has 0 aromatic heterocycles. The maximum absolute atomic E-state index is 11.0. The summed E-state index contributed by atoms with van der Waals surface area (Å²) in [5.41, 5.74) is 3.06. The van der Waals surface area contributed by atoms with Gasteiger partial charge < -0.3 is 4.74 Å². The Morgan fingerprint density at radius 3 is 3.15 bits per heavy atom. The van der Waals surface area contributed by atoms with Crippen LogP contribution >= 0.6 is 0 Å². The average Bonchev–Trinajstić information content (AvgIpc) is 2.63. The van der Waals surface area contributed by atoms with E-state index in [2.05, 4.69) is 0 Å². The molecule has 1 aromatic rings. The summed E-state index contributed by atoms with van der Waals surface area (Å²) in [6.45, 7) is 0.666. The number of fused-ring (bicyclic) bond motifs is 1. The van der Waals surface area contributed by atoms with Crippen LogP contribution in [0.4, 0.5) is 0 Å². The van der Waals surface area contributed by atoms with Crippen molar-refractivity contribution in [2.75, 3.05) is 6.61 Å². The van der Waals surface area contributed by atoms with Gasteiger partial charge in [0.25, 0.3) is 5.91 Å². The van der Waals surface area contributed by atoms with Gasteiger partial charge in [0.05, 0.1) is 6.61 Å². The molecule has 0 unspecified atom stereocenters. The molecule has 1 aliphatic heterocycles. The quantitative estimate of drug-likeness (QED) is 0.493. The zero-order chi connectivity index (χ0) is 9.26. The van der Waals surface area contributed by atoms with E-state index in [-0.39, 0.29) is 0 Å². The largest absolute Gasteiger partial charge is 0.493 e. The Morgan fingerprint density at radius 1 is 1.54 bits per heavy atom. The molecule has 0 atom stereocenters. The fourth-order valence-electron chi connectivity index (χ4n) is 1.39. The molecule has 0 radical (unpaired) electrons. The van der Waals surface area contributed by atoms with E-state index < -0.39 is 5.91 Å². The number of ether oxygens (including phenoxy) is 1. The Kier molecular flexibility index (Phi) is 1.90. The van der Waals surface area contributed by atoms with Crippen LogP contribution in [0.5, 0.6) is 5.75 Å². The van der Waals surface area contributed by atoms with Gasteiger partial charge in [-0.15, -0.1) is 0 Å². The number of carbonyl (C=O) groups excluding carboxylic acids is 1. The Morgan fingerprint density at radius 2 is 2.38 bits per heavy atom. The smallest absolute Gasteiger partial charge is 0.274 e. The lowest BCUT2D eigenvalue weighted by molar-refractivity contribution is 0.0706. The number of carbonyl (C=O) groups is 1. The van der Waals surface area contributed by atoms with E-state index in [1.54, 1.807) is 23.7 Å². The molecule has 0 spiro atoms. The molecule has 0 aliphatic carbocycles. The maximum Gasteiger partial charge on any atom is 0.274 e. The first kappa shape index (κ1) is 8.07. The lowest BCUT2D eigenvalue weighted by Gasteiger charge is -2.01. The zero-order valence-electron chi connectivity index (χ0n) is 6.91. The summed E-state index contributed by atoms with van der Waals surface area (Å²) in [7, 11) is 0. The lowest BCUT2D eigenvalue weighted by Crippen LogP contribution is -2.18. The van der Waals surface area contributed by atoms with Crippen LogP contribution in [0.25, 0.3) is 0 Å². The first-order valence-electron chi connectivity index (χ1n) is 4.01. The standard InChI is InChI=1S/C9H9NO3/c11-9(10-12)7-1-2-8-6(5-7)3-4-13-8/h1-2,5,12H,3-4H2,(H,10,11). The highest BCUT2D eigenvalue weighted by molar-refractivity contribution is 5.93. The minimum Gasteiger partial charge on any atom is -0.493 e. The van der Waals surface area contributed by atoms with Crippen molar-refractivity contribution in [2.45, 2.75) is 6.42 Å². The predicted octanol–water partition coefficient (Wildman–Crippen LogP) is 0.741. The Hall–Kier alpha value is -1.55. The summed E-state index contributed by atoms with van der Waals surface area (Å²) in [6, 6.07) is 5.09. The van der Waals surface area contributed by atoms with Gasteiger partial charge in [-0.1, -0.05) is 0 Å². The SMILES string of the molecule is O=C(NO)c1ccc2c(c1)CCO2. The third-order valence-corrected chi connectivity index (χ3v) is 2.05. The fourth-order valence-corrected chi connectivity index (χ4v) is 1.39. The molecule has 0 saturated heterocycles. The number of benzene rings is 1.